The van der Waals surface area contributed by atoms with E-state index in [2.05, 4.69) is 24.1 Å². The molecule has 4 heteroatoms. The summed E-state index contributed by atoms with van der Waals surface area (Å²) in [5, 5.41) is 3.54. The lowest BCUT2D eigenvalue weighted by Crippen LogP contribution is -2.35. The molecule has 1 aromatic heterocycles. The van der Waals surface area contributed by atoms with Crippen LogP contribution in [-0.4, -0.2) is 24.2 Å². The van der Waals surface area contributed by atoms with Crippen LogP contribution < -0.4 is 10.1 Å². The number of rotatable bonds is 5. The van der Waals surface area contributed by atoms with E-state index in [1.165, 1.54) is 19.3 Å². The molecule has 0 saturated carbocycles. The van der Waals surface area contributed by atoms with E-state index in [9.17, 15) is 0 Å². The zero-order valence-electron chi connectivity index (χ0n) is 12.9. The summed E-state index contributed by atoms with van der Waals surface area (Å²) < 4.78 is 11.6. The van der Waals surface area contributed by atoms with Gasteiger partial charge in [-0.15, -0.1) is 0 Å². The van der Waals surface area contributed by atoms with Crippen molar-refractivity contribution in [3.05, 3.63) is 24.1 Å². The molecule has 1 aliphatic heterocycles. The van der Waals surface area contributed by atoms with Gasteiger partial charge >= 0.3 is 0 Å². The van der Waals surface area contributed by atoms with E-state index in [1.807, 2.05) is 18.2 Å². The molecule has 21 heavy (non-hydrogen) atoms. The Balaban J connectivity index is 1.58. The number of aromatic nitrogens is 1. The molecular formula is C17H24N2O2. The Morgan fingerprint density at radius 3 is 3.05 bits per heavy atom. The molecule has 0 spiro atoms. The molecule has 1 fully saturated rings. The van der Waals surface area contributed by atoms with Crippen LogP contribution in [0.15, 0.2) is 22.6 Å². The lowest BCUT2D eigenvalue weighted by Gasteiger charge is -2.23. The number of benzene rings is 1. The zero-order chi connectivity index (χ0) is 14.7. The average molecular weight is 288 g/mol. The van der Waals surface area contributed by atoms with Gasteiger partial charge in [-0.1, -0.05) is 20.3 Å². The summed E-state index contributed by atoms with van der Waals surface area (Å²) >= 11 is 0. The molecule has 1 atom stereocenters. The predicted molar refractivity (Wildman–Crippen MR) is 83.9 cm³/mol. The standard InChI is InChI=1S/C17H24N2O2/c1-12(2)17-19-15-7-6-14(11-16(15)21-17)20-10-8-13-5-3-4-9-18-13/h6-7,11-13,18H,3-5,8-10H2,1-2H3. The molecule has 0 aliphatic carbocycles. The van der Waals surface area contributed by atoms with E-state index in [-0.39, 0.29) is 0 Å². The number of piperidine rings is 1. The van der Waals surface area contributed by atoms with E-state index in [1.54, 1.807) is 0 Å². The van der Waals surface area contributed by atoms with Gasteiger partial charge in [0, 0.05) is 18.0 Å². The van der Waals surface area contributed by atoms with Crippen LogP contribution in [0.25, 0.3) is 11.1 Å². The Labute approximate surface area is 125 Å². The first kappa shape index (κ1) is 14.4. The number of fused-ring (bicyclic) bond motifs is 1. The number of hydrogen-bond donors (Lipinski definition) is 1. The second-order valence-electron chi connectivity index (χ2n) is 6.12. The summed E-state index contributed by atoms with van der Waals surface area (Å²) in [6.07, 6.45) is 4.96. The van der Waals surface area contributed by atoms with Crippen molar-refractivity contribution in [2.75, 3.05) is 13.2 Å². The Hall–Kier alpha value is -1.55. The van der Waals surface area contributed by atoms with Crippen LogP contribution in [0.2, 0.25) is 0 Å². The first-order chi connectivity index (χ1) is 10.2. The largest absolute Gasteiger partial charge is 0.493 e. The smallest absolute Gasteiger partial charge is 0.198 e. The van der Waals surface area contributed by atoms with Crippen LogP contribution in [0.1, 0.15) is 51.3 Å². The highest BCUT2D eigenvalue weighted by Gasteiger charge is 2.13. The Bertz CT molecular complexity index is 585. The van der Waals surface area contributed by atoms with Gasteiger partial charge in [-0.3, -0.25) is 0 Å². The number of hydrogen-bond acceptors (Lipinski definition) is 4. The Morgan fingerprint density at radius 1 is 1.38 bits per heavy atom. The quantitative estimate of drug-likeness (QED) is 0.907. The highest BCUT2D eigenvalue weighted by molar-refractivity contribution is 5.74. The maximum absolute atomic E-state index is 5.86. The van der Waals surface area contributed by atoms with Gasteiger partial charge in [0.2, 0.25) is 0 Å². The predicted octanol–water partition coefficient (Wildman–Crippen LogP) is 3.86. The second kappa shape index (κ2) is 6.48. The minimum atomic E-state index is 0.305. The van der Waals surface area contributed by atoms with Crippen molar-refractivity contribution in [2.24, 2.45) is 0 Å². The third-order valence-electron chi connectivity index (χ3n) is 4.02. The van der Waals surface area contributed by atoms with Crippen LogP contribution >= 0.6 is 0 Å². The van der Waals surface area contributed by atoms with Crippen molar-refractivity contribution in [3.63, 3.8) is 0 Å². The first-order valence-electron chi connectivity index (χ1n) is 7.99. The van der Waals surface area contributed by atoms with Crippen LogP contribution in [-0.2, 0) is 0 Å². The maximum atomic E-state index is 5.86. The summed E-state index contributed by atoms with van der Waals surface area (Å²) in [5.41, 5.74) is 1.71. The summed E-state index contributed by atoms with van der Waals surface area (Å²) in [4.78, 5) is 4.47. The third kappa shape index (κ3) is 3.56. The maximum Gasteiger partial charge on any atom is 0.198 e. The molecule has 1 saturated heterocycles. The molecule has 0 radical (unpaired) electrons. The summed E-state index contributed by atoms with van der Waals surface area (Å²) in [7, 11) is 0. The molecule has 0 amide bonds. The van der Waals surface area contributed by atoms with E-state index >= 15 is 0 Å². The van der Waals surface area contributed by atoms with Crippen molar-refractivity contribution >= 4 is 11.1 Å². The second-order valence-corrected chi connectivity index (χ2v) is 6.12. The molecule has 0 bridgehead atoms. The van der Waals surface area contributed by atoms with Crippen LogP contribution in [0, 0.1) is 0 Å². The topological polar surface area (TPSA) is 47.3 Å². The van der Waals surface area contributed by atoms with Crippen molar-refractivity contribution in [1.82, 2.24) is 10.3 Å². The summed E-state index contributed by atoms with van der Waals surface area (Å²) in [5.74, 6) is 1.96. The van der Waals surface area contributed by atoms with Gasteiger partial charge in [0.25, 0.3) is 0 Å². The fraction of sp³-hybridized carbons (Fsp3) is 0.588. The third-order valence-corrected chi connectivity index (χ3v) is 4.02. The van der Waals surface area contributed by atoms with E-state index in [0.29, 0.717) is 12.0 Å². The molecule has 114 valence electrons. The number of nitrogens with zero attached hydrogens (tertiary/aromatic N) is 1. The molecule has 1 aromatic carbocycles. The highest BCUT2D eigenvalue weighted by atomic mass is 16.5. The van der Waals surface area contributed by atoms with E-state index < -0.39 is 0 Å². The normalized spacial score (nSPS) is 19.3. The lowest BCUT2D eigenvalue weighted by molar-refractivity contribution is 0.268. The molecular weight excluding hydrogens is 264 g/mol. The van der Waals surface area contributed by atoms with Gasteiger partial charge in [-0.25, -0.2) is 4.98 Å². The minimum absolute atomic E-state index is 0.305. The van der Waals surface area contributed by atoms with Gasteiger partial charge in [0.05, 0.1) is 6.61 Å². The Kier molecular flexibility index (Phi) is 4.44. The number of oxazole rings is 1. The molecule has 4 nitrogen and oxygen atoms in total. The van der Waals surface area contributed by atoms with Crippen molar-refractivity contribution < 1.29 is 9.15 Å². The summed E-state index contributed by atoms with van der Waals surface area (Å²) in [6, 6.07) is 6.50. The zero-order valence-corrected chi connectivity index (χ0v) is 12.9. The lowest BCUT2D eigenvalue weighted by atomic mass is 10.0. The Morgan fingerprint density at radius 2 is 2.29 bits per heavy atom. The highest BCUT2D eigenvalue weighted by Crippen LogP contribution is 2.25. The number of nitrogens with one attached hydrogen (secondary N) is 1. The molecule has 2 heterocycles. The molecule has 1 N–H and O–H groups in total. The molecule has 1 aliphatic rings. The number of ether oxygens (including phenoxy) is 1. The molecule has 3 rings (SSSR count). The minimum Gasteiger partial charge on any atom is -0.493 e. The molecule has 2 aromatic rings. The first-order valence-corrected chi connectivity index (χ1v) is 7.99. The van der Waals surface area contributed by atoms with E-state index in [0.717, 1.165) is 42.3 Å². The monoisotopic (exact) mass is 288 g/mol. The SMILES string of the molecule is CC(C)c1nc2ccc(OCCC3CCCCN3)cc2o1. The van der Waals surface area contributed by atoms with Crippen molar-refractivity contribution in [3.8, 4) is 5.75 Å². The van der Waals surface area contributed by atoms with Crippen LogP contribution in [0.5, 0.6) is 5.75 Å². The van der Waals surface area contributed by atoms with Gasteiger partial charge in [-0.05, 0) is 37.9 Å². The fourth-order valence-corrected chi connectivity index (χ4v) is 2.75. The van der Waals surface area contributed by atoms with Gasteiger partial charge < -0.3 is 14.5 Å². The van der Waals surface area contributed by atoms with Crippen molar-refractivity contribution in [2.45, 2.75) is 51.5 Å². The van der Waals surface area contributed by atoms with Crippen LogP contribution in [0.4, 0.5) is 0 Å². The van der Waals surface area contributed by atoms with Crippen LogP contribution in [0.3, 0.4) is 0 Å². The van der Waals surface area contributed by atoms with Gasteiger partial charge in [0.1, 0.15) is 11.3 Å². The molecule has 1 unspecified atom stereocenters. The van der Waals surface area contributed by atoms with Crippen molar-refractivity contribution in [1.29, 1.82) is 0 Å². The summed E-state index contributed by atoms with van der Waals surface area (Å²) in [6.45, 7) is 6.06. The fourth-order valence-electron chi connectivity index (χ4n) is 2.75. The van der Waals surface area contributed by atoms with Gasteiger partial charge in [-0.2, -0.15) is 0 Å². The van der Waals surface area contributed by atoms with Gasteiger partial charge in [0.15, 0.2) is 11.5 Å². The van der Waals surface area contributed by atoms with E-state index in [4.69, 9.17) is 9.15 Å². The average Bonchev–Trinajstić information content (AvgIpc) is 2.92.